The first-order valence-corrected chi connectivity index (χ1v) is 9.79. The van der Waals surface area contributed by atoms with Crippen molar-refractivity contribution in [3.8, 4) is 5.69 Å². The molecule has 0 saturated heterocycles. The fourth-order valence-corrected chi connectivity index (χ4v) is 4.15. The number of amides is 2. The topological polar surface area (TPSA) is 88.9 Å². The Morgan fingerprint density at radius 3 is 2.79 bits per heavy atom. The van der Waals surface area contributed by atoms with Crippen LogP contribution >= 0.6 is 11.8 Å². The maximum atomic E-state index is 12.5. The molecule has 3 aromatic rings. The van der Waals surface area contributed by atoms with E-state index in [0.717, 1.165) is 21.8 Å². The van der Waals surface area contributed by atoms with Gasteiger partial charge >= 0.3 is 0 Å². The standard InChI is InChI=1S/C20H19N5O2S/c1-13(14-6-8-15(9-7-14)25-12-21-11-22-25)23-19(26)10-18-20(27)24-16-4-2-3-5-17(16)28-18/h2-9,11-13,18H,10H2,1H3,(H,23,26)(H,24,27)/t13-,18+/m1/s1. The average molecular weight is 393 g/mol. The van der Waals surface area contributed by atoms with Gasteiger partial charge in [0, 0.05) is 11.3 Å². The van der Waals surface area contributed by atoms with Crippen LogP contribution in [-0.2, 0) is 9.59 Å². The Morgan fingerprint density at radius 1 is 1.25 bits per heavy atom. The highest BCUT2D eigenvalue weighted by Crippen LogP contribution is 2.36. The van der Waals surface area contributed by atoms with Crippen LogP contribution in [0.15, 0.2) is 66.1 Å². The van der Waals surface area contributed by atoms with Crippen molar-refractivity contribution in [2.24, 2.45) is 0 Å². The van der Waals surface area contributed by atoms with E-state index in [4.69, 9.17) is 0 Å². The predicted molar refractivity (Wildman–Crippen MR) is 107 cm³/mol. The summed E-state index contributed by atoms with van der Waals surface area (Å²) in [5.74, 6) is -0.288. The van der Waals surface area contributed by atoms with Crippen molar-refractivity contribution in [1.82, 2.24) is 20.1 Å². The Morgan fingerprint density at radius 2 is 2.04 bits per heavy atom. The molecule has 2 N–H and O–H groups in total. The van der Waals surface area contributed by atoms with Crippen LogP contribution in [-0.4, -0.2) is 31.8 Å². The maximum Gasteiger partial charge on any atom is 0.238 e. The molecule has 2 aromatic carbocycles. The Hall–Kier alpha value is -3.13. The number of carbonyl (C=O) groups excluding carboxylic acids is 2. The molecule has 142 valence electrons. The van der Waals surface area contributed by atoms with E-state index >= 15 is 0 Å². The number of hydrogen-bond acceptors (Lipinski definition) is 5. The summed E-state index contributed by atoms with van der Waals surface area (Å²) >= 11 is 1.43. The normalized spacial score (nSPS) is 16.8. The highest BCUT2D eigenvalue weighted by atomic mass is 32.2. The van der Waals surface area contributed by atoms with Gasteiger partial charge in [0.05, 0.1) is 22.7 Å². The van der Waals surface area contributed by atoms with Crippen LogP contribution in [0.2, 0.25) is 0 Å². The lowest BCUT2D eigenvalue weighted by Crippen LogP contribution is -2.35. The van der Waals surface area contributed by atoms with Crippen molar-refractivity contribution >= 4 is 29.3 Å². The molecule has 1 aliphatic heterocycles. The molecule has 2 heterocycles. The molecule has 1 aliphatic rings. The second kappa shape index (κ2) is 7.85. The van der Waals surface area contributed by atoms with Crippen molar-refractivity contribution in [3.63, 3.8) is 0 Å². The van der Waals surface area contributed by atoms with Gasteiger partial charge in [0.25, 0.3) is 0 Å². The third kappa shape index (κ3) is 3.91. The lowest BCUT2D eigenvalue weighted by Gasteiger charge is -2.24. The number of thioether (sulfide) groups is 1. The zero-order chi connectivity index (χ0) is 19.5. The summed E-state index contributed by atoms with van der Waals surface area (Å²) in [5, 5.41) is 9.50. The first-order valence-electron chi connectivity index (χ1n) is 8.91. The van der Waals surface area contributed by atoms with Gasteiger partial charge in [-0.25, -0.2) is 9.67 Å². The Bertz CT molecular complexity index is 988. The molecule has 28 heavy (non-hydrogen) atoms. The van der Waals surface area contributed by atoms with Crippen LogP contribution in [0.1, 0.15) is 24.9 Å². The van der Waals surface area contributed by atoms with E-state index in [-0.39, 0.29) is 24.3 Å². The van der Waals surface area contributed by atoms with Crippen molar-refractivity contribution in [2.75, 3.05) is 5.32 Å². The van der Waals surface area contributed by atoms with Crippen molar-refractivity contribution < 1.29 is 9.59 Å². The SMILES string of the molecule is C[C@@H](NC(=O)C[C@@H]1Sc2ccccc2NC1=O)c1ccc(-n2cncn2)cc1. The molecule has 0 unspecified atom stereocenters. The molecule has 0 radical (unpaired) electrons. The predicted octanol–water partition coefficient (Wildman–Crippen LogP) is 2.95. The lowest BCUT2D eigenvalue weighted by molar-refractivity contribution is -0.124. The number of rotatable bonds is 5. The molecule has 8 heteroatoms. The summed E-state index contributed by atoms with van der Waals surface area (Å²) in [5.41, 5.74) is 2.67. The van der Waals surface area contributed by atoms with E-state index in [9.17, 15) is 9.59 Å². The quantitative estimate of drug-likeness (QED) is 0.696. The first-order chi connectivity index (χ1) is 13.6. The largest absolute Gasteiger partial charge is 0.350 e. The summed E-state index contributed by atoms with van der Waals surface area (Å²) < 4.78 is 1.67. The Kier molecular flexibility index (Phi) is 5.12. The van der Waals surface area contributed by atoms with Gasteiger partial charge in [0.1, 0.15) is 12.7 Å². The summed E-state index contributed by atoms with van der Waals surface area (Å²) in [6, 6.07) is 15.2. The Labute approximate surface area is 166 Å². The minimum atomic E-state index is -0.434. The number of nitrogens with zero attached hydrogens (tertiary/aromatic N) is 3. The van der Waals surface area contributed by atoms with Crippen LogP contribution in [0.3, 0.4) is 0 Å². The van der Waals surface area contributed by atoms with E-state index in [1.54, 1.807) is 11.0 Å². The van der Waals surface area contributed by atoms with Gasteiger partial charge in [-0.2, -0.15) is 5.10 Å². The highest BCUT2D eigenvalue weighted by Gasteiger charge is 2.29. The second-order valence-electron chi connectivity index (χ2n) is 6.52. The molecule has 0 aliphatic carbocycles. The summed E-state index contributed by atoms with van der Waals surface area (Å²) in [7, 11) is 0. The van der Waals surface area contributed by atoms with Gasteiger partial charge in [-0.3, -0.25) is 9.59 Å². The fourth-order valence-electron chi connectivity index (χ4n) is 3.04. The lowest BCUT2D eigenvalue weighted by atomic mass is 10.1. The molecule has 0 spiro atoms. The van der Waals surface area contributed by atoms with Crippen molar-refractivity contribution in [1.29, 1.82) is 0 Å². The number of fused-ring (bicyclic) bond motifs is 1. The number of benzene rings is 2. The van der Waals surface area contributed by atoms with Crippen LogP contribution in [0.4, 0.5) is 5.69 Å². The van der Waals surface area contributed by atoms with E-state index in [1.165, 1.54) is 18.1 Å². The Balaban J connectivity index is 1.36. The highest BCUT2D eigenvalue weighted by molar-refractivity contribution is 8.01. The van der Waals surface area contributed by atoms with Gasteiger partial charge in [0.2, 0.25) is 11.8 Å². The number of nitrogens with one attached hydrogen (secondary N) is 2. The zero-order valence-electron chi connectivity index (χ0n) is 15.2. The van der Waals surface area contributed by atoms with Gasteiger partial charge in [-0.1, -0.05) is 24.3 Å². The smallest absolute Gasteiger partial charge is 0.238 e. The first kappa shape index (κ1) is 18.2. The molecular formula is C20H19N5O2S. The van der Waals surface area contributed by atoms with E-state index in [0.29, 0.717) is 0 Å². The van der Waals surface area contributed by atoms with Crippen molar-refractivity contribution in [3.05, 3.63) is 66.7 Å². The van der Waals surface area contributed by atoms with Crippen molar-refractivity contribution in [2.45, 2.75) is 29.5 Å². The van der Waals surface area contributed by atoms with Crippen LogP contribution < -0.4 is 10.6 Å². The van der Waals surface area contributed by atoms with Gasteiger partial charge < -0.3 is 10.6 Å². The summed E-state index contributed by atoms with van der Waals surface area (Å²) in [4.78, 5) is 29.7. The molecule has 4 rings (SSSR count). The van der Waals surface area contributed by atoms with E-state index in [1.807, 2.05) is 55.5 Å². The molecule has 1 aromatic heterocycles. The van der Waals surface area contributed by atoms with E-state index in [2.05, 4.69) is 20.7 Å². The second-order valence-corrected chi connectivity index (χ2v) is 7.76. The molecule has 2 amide bonds. The number of carbonyl (C=O) groups is 2. The van der Waals surface area contributed by atoms with Crippen LogP contribution in [0.5, 0.6) is 0 Å². The number of hydrogen-bond donors (Lipinski definition) is 2. The minimum Gasteiger partial charge on any atom is -0.350 e. The molecule has 0 fully saturated rings. The molecule has 7 nitrogen and oxygen atoms in total. The minimum absolute atomic E-state index is 0.131. The van der Waals surface area contributed by atoms with Crippen LogP contribution in [0, 0.1) is 0 Å². The number of para-hydroxylation sites is 1. The van der Waals surface area contributed by atoms with Crippen LogP contribution in [0.25, 0.3) is 5.69 Å². The van der Waals surface area contributed by atoms with Gasteiger partial charge in [0.15, 0.2) is 0 Å². The van der Waals surface area contributed by atoms with Gasteiger partial charge in [-0.15, -0.1) is 11.8 Å². The monoisotopic (exact) mass is 393 g/mol. The fraction of sp³-hybridized carbons (Fsp3) is 0.200. The summed E-state index contributed by atoms with van der Waals surface area (Å²) in [6.07, 6.45) is 3.24. The number of anilines is 1. The summed E-state index contributed by atoms with van der Waals surface area (Å²) in [6.45, 7) is 1.92. The maximum absolute atomic E-state index is 12.5. The third-order valence-corrected chi connectivity index (χ3v) is 5.81. The third-order valence-electron chi connectivity index (χ3n) is 4.53. The molecular weight excluding hydrogens is 374 g/mol. The molecule has 0 saturated carbocycles. The molecule has 0 bridgehead atoms. The average Bonchev–Trinajstić information content (AvgIpc) is 3.23. The number of aromatic nitrogens is 3. The molecule has 2 atom stereocenters. The van der Waals surface area contributed by atoms with Gasteiger partial charge in [-0.05, 0) is 36.8 Å². The zero-order valence-corrected chi connectivity index (χ0v) is 16.0. The van der Waals surface area contributed by atoms with E-state index < -0.39 is 5.25 Å².